The Morgan fingerprint density at radius 1 is 0.457 bits per heavy atom. The molecule has 1 nitrogen and oxygen atoms in total. The highest BCUT2D eigenvalue weighted by molar-refractivity contribution is 7.99. The van der Waals surface area contributed by atoms with Gasteiger partial charge in [-0.3, -0.25) is 0 Å². The number of furan rings is 1. The first-order chi connectivity index (χ1) is 22.8. The molecule has 1 aliphatic rings. The quantitative estimate of drug-likeness (QED) is 0.186. The van der Waals surface area contributed by atoms with E-state index in [1.807, 2.05) is 11.8 Å². The van der Waals surface area contributed by atoms with Gasteiger partial charge in [0.05, 0.1) is 0 Å². The number of hydrogen-bond donors (Lipinski definition) is 0. The fourth-order valence-electron chi connectivity index (χ4n) is 7.62. The van der Waals surface area contributed by atoms with E-state index in [0.29, 0.717) is 5.25 Å². The summed E-state index contributed by atoms with van der Waals surface area (Å²) in [7, 11) is 0. The fourth-order valence-corrected chi connectivity index (χ4v) is 8.95. The van der Waals surface area contributed by atoms with E-state index in [9.17, 15) is 0 Å². The molecule has 0 radical (unpaired) electrons. The molecule has 0 amide bonds. The highest BCUT2D eigenvalue weighted by Crippen LogP contribution is 2.49. The van der Waals surface area contributed by atoms with Crippen LogP contribution in [0.25, 0.3) is 76.5 Å². The third-order valence-electron chi connectivity index (χ3n) is 9.76. The first-order valence-corrected chi connectivity index (χ1v) is 16.8. The van der Waals surface area contributed by atoms with Crippen LogP contribution >= 0.6 is 11.8 Å². The zero-order chi connectivity index (χ0) is 30.2. The van der Waals surface area contributed by atoms with Crippen LogP contribution < -0.4 is 0 Å². The van der Waals surface area contributed by atoms with Crippen molar-refractivity contribution < 1.29 is 4.42 Å². The lowest BCUT2D eigenvalue weighted by atomic mass is 9.85. The fraction of sp³-hybridized carbons (Fsp3) is 0.0455. The minimum atomic E-state index is 0.448. The molecular weight excluding hydrogens is 577 g/mol. The molecular formula is C44H28OS. The molecule has 0 N–H and O–H groups in total. The topological polar surface area (TPSA) is 13.1 Å². The Balaban J connectivity index is 1.18. The van der Waals surface area contributed by atoms with Crippen molar-refractivity contribution in [2.45, 2.75) is 16.6 Å². The number of rotatable bonds is 3. The maximum Gasteiger partial charge on any atom is 0.136 e. The van der Waals surface area contributed by atoms with E-state index in [0.717, 1.165) is 17.6 Å². The molecule has 0 saturated heterocycles. The largest absolute Gasteiger partial charge is 0.456 e. The standard InChI is InChI=1S/C44H28OS/c1-2-11-28(12-3-1)41-25-32-24-38-37-23-31(20-21-39(37)45-40(38)26-42(32)46-41)44-35-16-8-6-14-33(35)43(34-15-7-9-17-36(34)44)30-19-18-27-10-4-5-13-29(27)22-30/h1-24,26,41H,25H2. The van der Waals surface area contributed by atoms with Crippen LogP contribution in [-0.4, -0.2) is 0 Å². The second-order valence-corrected chi connectivity index (χ2v) is 13.6. The Hall–Kier alpha value is -5.31. The molecule has 216 valence electrons. The Bertz CT molecular complexity index is 2590. The van der Waals surface area contributed by atoms with Crippen molar-refractivity contribution >= 4 is 66.0 Å². The van der Waals surface area contributed by atoms with Gasteiger partial charge in [-0.2, -0.15) is 0 Å². The summed E-state index contributed by atoms with van der Waals surface area (Å²) in [5, 5.41) is 10.4. The van der Waals surface area contributed by atoms with E-state index in [1.165, 1.54) is 81.4 Å². The van der Waals surface area contributed by atoms with Gasteiger partial charge >= 0.3 is 0 Å². The molecule has 9 aromatic rings. The second-order valence-electron chi connectivity index (χ2n) is 12.4. The molecule has 0 fully saturated rings. The SMILES string of the molecule is c1ccc(C2Cc3cc4c(cc3S2)oc2ccc(-c3c5ccccc5c(-c5ccc6ccccc6c5)c5ccccc35)cc24)cc1. The first-order valence-electron chi connectivity index (χ1n) is 15.9. The van der Waals surface area contributed by atoms with E-state index in [1.54, 1.807) is 0 Å². The van der Waals surface area contributed by atoms with Gasteiger partial charge in [-0.25, -0.2) is 0 Å². The van der Waals surface area contributed by atoms with Crippen molar-refractivity contribution in [2.75, 3.05) is 0 Å². The summed E-state index contributed by atoms with van der Waals surface area (Å²) < 4.78 is 6.48. The summed E-state index contributed by atoms with van der Waals surface area (Å²) in [5.41, 5.74) is 9.72. The lowest BCUT2D eigenvalue weighted by molar-refractivity contribution is 0.667. The molecule has 1 aromatic heterocycles. The lowest BCUT2D eigenvalue weighted by Gasteiger charge is -2.18. The minimum Gasteiger partial charge on any atom is -0.456 e. The number of thioether (sulfide) groups is 1. The highest BCUT2D eigenvalue weighted by Gasteiger charge is 2.26. The number of fused-ring (bicyclic) bond motifs is 7. The van der Waals surface area contributed by atoms with Crippen LogP contribution in [0.4, 0.5) is 0 Å². The Labute approximate surface area is 271 Å². The van der Waals surface area contributed by atoms with Gasteiger partial charge < -0.3 is 4.42 Å². The van der Waals surface area contributed by atoms with Crippen molar-refractivity contribution in [2.24, 2.45) is 0 Å². The van der Waals surface area contributed by atoms with E-state index in [-0.39, 0.29) is 0 Å². The molecule has 2 heteroatoms. The van der Waals surface area contributed by atoms with Crippen LogP contribution in [-0.2, 0) is 6.42 Å². The Morgan fingerprint density at radius 2 is 1.04 bits per heavy atom. The maximum absolute atomic E-state index is 6.48. The molecule has 0 saturated carbocycles. The van der Waals surface area contributed by atoms with Gasteiger partial charge in [-0.15, -0.1) is 11.8 Å². The van der Waals surface area contributed by atoms with Crippen LogP contribution in [0.5, 0.6) is 0 Å². The van der Waals surface area contributed by atoms with Gasteiger partial charge in [0, 0.05) is 20.9 Å². The highest BCUT2D eigenvalue weighted by atomic mass is 32.2. The van der Waals surface area contributed by atoms with Gasteiger partial charge in [0.15, 0.2) is 0 Å². The Kier molecular flexibility index (Phi) is 5.70. The summed E-state index contributed by atoms with van der Waals surface area (Å²) in [6, 6.07) is 55.6. The Morgan fingerprint density at radius 3 is 1.76 bits per heavy atom. The molecule has 1 unspecified atom stereocenters. The molecule has 10 rings (SSSR count). The van der Waals surface area contributed by atoms with Gasteiger partial charge in [0.2, 0.25) is 0 Å². The van der Waals surface area contributed by atoms with Crippen molar-refractivity contribution in [3.8, 4) is 22.3 Å². The van der Waals surface area contributed by atoms with Crippen LogP contribution in [0.15, 0.2) is 161 Å². The number of hydrogen-bond acceptors (Lipinski definition) is 2. The van der Waals surface area contributed by atoms with Crippen molar-refractivity contribution in [1.82, 2.24) is 0 Å². The summed E-state index contributed by atoms with van der Waals surface area (Å²) in [4.78, 5) is 1.34. The third kappa shape index (κ3) is 3.97. The van der Waals surface area contributed by atoms with Gasteiger partial charge in [-0.05, 0) is 102 Å². The van der Waals surface area contributed by atoms with Crippen LogP contribution in [0.1, 0.15) is 16.4 Å². The van der Waals surface area contributed by atoms with Crippen molar-refractivity contribution in [3.63, 3.8) is 0 Å². The van der Waals surface area contributed by atoms with Gasteiger partial charge in [0.1, 0.15) is 11.2 Å². The molecule has 1 atom stereocenters. The van der Waals surface area contributed by atoms with Crippen LogP contribution in [0, 0.1) is 0 Å². The summed E-state index contributed by atoms with van der Waals surface area (Å²) >= 11 is 1.96. The maximum atomic E-state index is 6.48. The van der Waals surface area contributed by atoms with E-state index >= 15 is 0 Å². The molecule has 0 spiro atoms. The summed E-state index contributed by atoms with van der Waals surface area (Å²) in [5.74, 6) is 0. The lowest BCUT2D eigenvalue weighted by Crippen LogP contribution is -1.91. The summed E-state index contributed by atoms with van der Waals surface area (Å²) in [6.45, 7) is 0. The smallest absolute Gasteiger partial charge is 0.136 e. The zero-order valence-corrected chi connectivity index (χ0v) is 25.9. The predicted octanol–water partition coefficient (Wildman–Crippen LogP) is 12.8. The van der Waals surface area contributed by atoms with Gasteiger partial charge in [0.25, 0.3) is 0 Å². The monoisotopic (exact) mass is 604 g/mol. The van der Waals surface area contributed by atoms with Crippen LogP contribution in [0.3, 0.4) is 0 Å². The molecule has 46 heavy (non-hydrogen) atoms. The number of benzene rings is 8. The molecule has 1 aliphatic heterocycles. The molecule has 0 aliphatic carbocycles. The van der Waals surface area contributed by atoms with Crippen LogP contribution in [0.2, 0.25) is 0 Å². The normalized spacial score (nSPS) is 14.6. The molecule has 8 aromatic carbocycles. The average Bonchev–Trinajstić information content (AvgIpc) is 3.70. The molecule has 2 heterocycles. The minimum absolute atomic E-state index is 0.448. The second kappa shape index (κ2) is 10.1. The molecule has 0 bridgehead atoms. The van der Waals surface area contributed by atoms with Gasteiger partial charge in [-0.1, -0.05) is 121 Å². The van der Waals surface area contributed by atoms with Crippen molar-refractivity contribution in [3.05, 3.63) is 163 Å². The third-order valence-corrected chi connectivity index (χ3v) is 11.1. The summed E-state index contributed by atoms with van der Waals surface area (Å²) in [6.07, 6.45) is 1.04. The van der Waals surface area contributed by atoms with E-state index in [2.05, 4.69) is 152 Å². The predicted molar refractivity (Wildman–Crippen MR) is 196 cm³/mol. The average molecular weight is 605 g/mol. The van der Waals surface area contributed by atoms with E-state index in [4.69, 9.17) is 4.42 Å². The first kappa shape index (κ1) is 26.0. The van der Waals surface area contributed by atoms with E-state index < -0.39 is 0 Å². The van der Waals surface area contributed by atoms with Crippen molar-refractivity contribution in [1.29, 1.82) is 0 Å². The zero-order valence-electron chi connectivity index (χ0n) is 25.0.